The first-order valence-corrected chi connectivity index (χ1v) is 8.48. The summed E-state index contributed by atoms with van der Waals surface area (Å²) < 4.78 is 0. The van der Waals surface area contributed by atoms with Crippen LogP contribution in [0.1, 0.15) is 65.5 Å². The van der Waals surface area contributed by atoms with Crippen LogP contribution in [-0.2, 0) is 12.0 Å². The molecule has 1 heteroatoms. The Bertz CT molecular complexity index is 453. The van der Waals surface area contributed by atoms with Gasteiger partial charge < -0.3 is 0 Å². The Morgan fingerprint density at radius 3 is 2.14 bits per heavy atom. The van der Waals surface area contributed by atoms with Crippen LogP contribution in [0.15, 0.2) is 24.3 Å². The van der Waals surface area contributed by atoms with E-state index in [0.717, 1.165) is 12.5 Å². The van der Waals surface area contributed by atoms with Crippen molar-refractivity contribution in [2.75, 3.05) is 13.1 Å². The van der Waals surface area contributed by atoms with Crippen molar-refractivity contribution in [2.45, 2.75) is 66.3 Å². The maximum absolute atomic E-state index is 2.63. The molecule has 21 heavy (non-hydrogen) atoms. The van der Waals surface area contributed by atoms with Gasteiger partial charge in [0, 0.05) is 6.54 Å². The van der Waals surface area contributed by atoms with Gasteiger partial charge in [-0.15, -0.1) is 0 Å². The monoisotopic (exact) mass is 287 g/mol. The molecule has 0 unspecified atom stereocenters. The van der Waals surface area contributed by atoms with Crippen LogP contribution >= 0.6 is 0 Å². The highest BCUT2D eigenvalue weighted by atomic mass is 15.1. The highest BCUT2D eigenvalue weighted by Crippen LogP contribution is 2.34. The molecule has 2 rings (SSSR count). The first-order valence-electron chi connectivity index (χ1n) is 8.48. The number of nitrogens with zero attached hydrogens (tertiary/aromatic N) is 1. The highest BCUT2D eigenvalue weighted by Gasteiger charge is 2.28. The number of benzene rings is 1. The van der Waals surface area contributed by atoms with E-state index in [-0.39, 0.29) is 5.41 Å². The summed E-state index contributed by atoms with van der Waals surface area (Å²) in [4.78, 5) is 2.63. The summed E-state index contributed by atoms with van der Waals surface area (Å²) in [6.07, 6.45) is 2.70. The van der Waals surface area contributed by atoms with Gasteiger partial charge in [0.1, 0.15) is 0 Å². The third-order valence-corrected chi connectivity index (χ3v) is 5.01. The van der Waals surface area contributed by atoms with Crippen molar-refractivity contribution in [1.82, 2.24) is 4.90 Å². The fourth-order valence-electron chi connectivity index (χ4n) is 3.35. The molecule has 0 aliphatic carbocycles. The Morgan fingerprint density at radius 2 is 1.62 bits per heavy atom. The molecule has 0 radical (unpaired) electrons. The Kier molecular flexibility index (Phi) is 4.82. The molecule has 1 aliphatic heterocycles. The van der Waals surface area contributed by atoms with Gasteiger partial charge in [0.25, 0.3) is 0 Å². The third kappa shape index (κ3) is 4.57. The van der Waals surface area contributed by atoms with E-state index in [1.165, 1.54) is 37.1 Å². The second-order valence-corrected chi connectivity index (χ2v) is 8.87. The van der Waals surface area contributed by atoms with Crippen molar-refractivity contribution < 1.29 is 0 Å². The predicted octanol–water partition coefficient (Wildman–Crippen LogP) is 5.24. The Morgan fingerprint density at radius 1 is 1.00 bits per heavy atom. The van der Waals surface area contributed by atoms with Crippen LogP contribution in [0.25, 0.3) is 0 Å². The third-order valence-electron chi connectivity index (χ3n) is 5.01. The van der Waals surface area contributed by atoms with Crippen molar-refractivity contribution in [3.8, 4) is 0 Å². The zero-order valence-corrected chi connectivity index (χ0v) is 14.9. The summed E-state index contributed by atoms with van der Waals surface area (Å²) >= 11 is 0. The lowest BCUT2D eigenvalue weighted by Gasteiger charge is -2.38. The van der Waals surface area contributed by atoms with Crippen molar-refractivity contribution in [3.63, 3.8) is 0 Å². The topological polar surface area (TPSA) is 3.24 Å². The number of likely N-dealkylation sites (tertiary alicyclic amines) is 1. The minimum Gasteiger partial charge on any atom is -0.299 e. The molecule has 1 saturated heterocycles. The summed E-state index contributed by atoms with van der Waals surface area (Å²) in [5, 5.41) is 0. The molecule has 1 aliphatic rings. The van der Waals surface area contributed by atoms with Gasteiger partial charge in [-0.3, -0.25) is 4.90 Å². The van der Waals surface area contributed by atoms with Crippen molar-refractivity contribution in [3.05, 3.63) is 35.4 Å². The van der Waals surface area contributed by atoms with Crippen LogP contribution in [0.4, 0.5) is 0 Å². The Labute approximate surface area is 131 Å². The van der Waals surface area contributed by atoms with Crippen LogP contribution in [0.2, 0.25) is 0 Å². The maximum atomic E-state index is 2.63. The second kappa shape index (κ2) is 6.12. The molecular weight excluding hydrogens is 254 g/mol. The second-order valence-electron chi connectivity index (χ2n) is 8.87. The number of rotatable bonds is 2. The van der Waals surface area contributed by atoms with E-state index in [4.69, 9.17) is 0 Å². The van der Waals surface area contributed by atoms with Gasteiger partial charge in [-0.2, -0.15) is 0 Å². The van der Waals surface area contributed by atoms with E-state index in [0.29, 0.717) is 5.41 Å². The SMILES string of the molecule is CC(C)(C)c1cccc(CN2CCC(C(C)(C)C)CC2)c1. The van der Waals surface area contributed by atoms with Crippen LogP contribution < -0.4 is 0 Å². The van der Waals surface area contributed by atoms with Crippen molar-refractivity contribution in [1.29, 1.82) is 0 Å². The van der Waals surface area contributed by atoms with Gasteiger partial charge in [0.15, 0.2) is 0 Å². The van der Waals surface area contributed by atoms with Gasteiger partial charge in [-0.1, -0.05) is 65.8 Å². The van der Waals surface area contributed by atoms with Gasteiger partial charge >= 0.3 is 0 Å². The Hall–Kier alpha value is -0.820. The van der Waals surface area contributed by atoms with Gasteiger partial charge in [0.2, 0.25) is 0 Å². The molecule has 1 aromatic rings. The van der Waals surface area contributed by atoms with Crippen LogP contribution in [-0.4, -0.2) is 18.0 Å². The summed E-state index contributed by atoms with van der Waals surface area (Å²) in [6.45, 7) is 17.7. The summed E-state index contributed by atoms with van der Waals surface area (Å²) in [7, 11) is 0. The van der Waals surface area contributed by atoms with Crippen molar-refractivity contribution >= 4 is 0 Å². The average molecular weight is 287 g/mol. The maximum Gasteiger partial charge on any atom is 0.0233 e. The Balaban J connectivity index is 1.95. The molecule has 0 aromatic heterocycles. The summed E-state index contributed by atoms with van der Waals surface area (Å²) in [6, 6.07) is 9.16. The minimum absolute atomic E-state index is 0.245. The van der Waals surface area contributed by atoms with E-state index in [1.807, 2.05) is 0 Å². The molecule has 0 bridgehead atoms. The number of hydrogen-bond acceptors (Lipinski definition) is 1. The van der Waals surface area contributed by atoms with Gasteiger partial charge in [0.05, 0.1) is 0 Å². The highest BCUT2D eigenvalue weighted by molar-refractivity contribution is 5.28. The molecule has 1 nitrogen and oxygen atoms in total. The molecule has 0 N–H and O–H groups in total. The quantitative estimate of drug-likeness (QED) is 0.719. The molecule has 1 fully saturated rings. The number of hydrogen-bond donors (Lipinski definition) is 0. The van der Waals surface area contributed by atoms with Crippen LogP contribution in [0.5, 0.6) is 0 Å². The molecule has 1 heterocycles. The first-order chi connectivity index (χ1) is 9.66. The van der Waals surface area contributed by atoms with E-state index in [1.54, 1.807) is 0 Å². The molecule has 0 saturated carbocycles. The van der Waals surface area contributed by atoms with Crippen LogP contribution in [0.3, 0.4) is 0 Å². The molecule has 0 spiro atoms. The first kappa shape index (κ1) is 16.5. The standard InChI is InChI=1S/C20H33N/c1-19(2,3)17-10-12-21(13-11-17)15-16-8-7-9-18(14-16)20(4,5)6/h7-9,14,17H,10-13,15H2,1-6H3. The van der Waals surface area contributed by atoms with E-state index in [9.17, 15) is 0 Å². The van der Waals surface area contributed by atoms with Crippen molar-refractivity contribution in [2.24, 2.45) is 11.3 Å². The average Bonchev–Trinajstić information content (AvgIpc) is 2.37. The van der Waals surface area contributed by atoms with E-state index in [2.05, 4.69) is 70.7 Å². The van der Waals surface area contributed by atoms with Crippen LogP contribution in [0, 0.1) is 11.3 Å². The molecule has 1 aromatic carbocycles. The lowest BCUT2D eigenvalue weighted by molar-refractivity contribution is 0.108. The summed E-state index contributed by atoms with van der Waals surface area (Å²) in [5.74, 6) is 0.884. The molecule has 0 atom stereocenters. The fourth-order valence-corrected chi connectivity index (χ4v) is 3.35. The van der Waals surface area contributed by atoms with Gasteiger partial charge in [-0.05, 0) is 53.8 Å². The molecule has 0 amide bonds. The minimum atomic E-state index is 0.245. The summed E-state index contributed by atoms with van der Waals surface area (Å²) in [5.41, 5.74) is 3.63. The zero-order chi connectivity index (χ0) is 15.7. The molecule has 118 valence electrons. The fraction of sp³-hybridized carbons (Fsp3) is 0.700. The lowest BCUT2D eigenvalue weighted by Crippen LogP contribution is -2.37. The lowest BCUT2D eigenvalue weighted by atomic mass is 9.75. The zero-order valence-electron chi connectivity index (χ0n) is 14.9. The van der Waals surface area contributed by atoms with E-state index >= 15 is 0 Å². The van der Waals surface area contributed by atoms with Gasteiger partial charge in [-0.25, -0.2) is 0 Å². The smallest absolute Gasteiger partial charge is 0.0233 e. The normalized spacial score (nSPS) is 19.0. The van der Waals surface area contributed by atoms with E-state index < -0.39 is 0 Å². The largest absolute Gasteiger partial charge is 0.299 e. The number of piperidine rings is 1. The molecular formula is C20H33N. The predicted molar refractivity (Wildman–Crippen MR) is 92.6 cm³/mol.